The predicted octanol–water partition coefficient (Wildman–Crippen LogP) is 3.61. The molecule has 1 aromatic rings. The van der Waals surface area contributed by atoms with Gasteiger partial charge in [0.2, 0.25) is 0 Å². The van der Waals surface area contributed by atoms with Crippen LogP contribution in [-0.4, -0.2) is 21.9 Å². The molecule has 124 valence electrons. The van der Waals surface area contributed by atoms with Crippen LogP contribution in [-0.2, 0) is 11.3 Å². The highest BCUT2D eigenvalue weighted by Gasteiger charge is 2.25. The molecule has 0 saturated heterocycles. The molecule has 0 amide bonds. The van der Waals surface area contributed by atoms with Crippen molar-refractivity contribution < 1.29 is 13.5 Å². The molecule has 3 unspecified atom stereocenters. The Labute approximate surface area is 140 Å². The Hall–Kier alpha value is -0.620. The normalized spacial score (nSPS) is 23.2. The summed E-state index contributed by atoms with van der Waals surface area (Å²) in [4.78, 5) is 0. The summed E-state index contributed by atoms with van der Waals surface area (Å²) in [6.07, 6.45) is 5.63. The van der Waals surface area contributed by atoms with Crippen LogP contribution in [0.25, 0.3) is 0 Å². The highest BCUT2D eigenvalue weighted by molar-refractivity contribution is 7.77. The molecule has 1 saturated carbocycles. The fourth-order valence-electron chi connectivity index (χ4n) is 3.12. The average molecular weight is 345 g/mol. The molecule has 4 nitrogen and oxygen atoms in total. The van der Waals surface area contributed by atoms with E-state index in [9.17, 15) is 8.76 Å². The summed E-state index contributed by atoms with van der Waals surface area (Å²) in [5.41, 5.74) is 1.02. The molecule has 1 aromatic carbocycles. The molecule has 0 bridgehead atoms. The Morgan fingerprint density at radius 3 is 2.77 bits per heavy atom. The van der Waals surface area contributed by atoms with E-state index in [-0.39, 0.29) is 0 Å². The van der Waals surface area contributed by atoms with Gasteiger partial charge in [0.15, 0.2) is 0 Å². The Balaban J connectivity index is 1.85. The smallest absolute Gasteiger partial charge is 0.119 e. The first kappa shape index (κ1) is 17.7. The SMILES string of the molecule is Cc1cc(OCC2CCCCC2CCNS(=O)[O-])ccc1Cl. The van der Waals surface area contributed by atoms with Crippen molar-refractivity contribution in [1.29, 1.82) is 0 Å². The van der Waals surface area contributed by atoms with Crippen molar-refractivity contribution in [2.45, 2.75) is 39.0 Å². The van der Waals surface area contributed by atoms with Crippen molar-refractivity contribution in [3.63, 3.8) is 0 Å². The maximum Gasteiger partial charge on any atom is 0.119 e. The lowest BCUT2D eigenvalue weighted by atomic mass is 9.78. The topological polar surface area (TPSA) is 61.4 Å². The van der Waals surface area contributed by atoms with Gasteiger partial charge in [0.1, 0.15) is 5.75 Å². The number of nitrogens with one attached hydrogen (secondary N) is 1. The van der Waals surface area contributed by atoms with Gasteiger partial charge in [-0.3, -0.25) is 4.21 Å². The lowest BCUT2D eigenvalue weighted by Crippen LogP contribution is -2.29. The zero-order valence-corrected chi connectivity index (χ0v) is 14.4. The minimum absolute atomic E-state index is 0.492. The monoisotopic (exact) mass is 344 g/mol. The van der Waals surface area contributed by atoms with E-state index < -0.39 is 11.3 Å². The lowest BCUT2D eigenvalue weighted by molar-refractivity contribution is 0.143. The highest BCUT2D eigenvalue weighted by Crippen LogP contribution is 2.33. The summed E-state index contributed by atoms with van der Waals surface area (Å²) in [5, 5.41) is 0.750. The summed E-state index contributed by atoms with van der Waals surface area (Å²) in [6, 6.07) is 5.72. The zero-order chi connectivity index (χ0) is 15.9. The molecule has 6 heteroatoms. The van der Waals surface area contributed by atoms with Crippen molar-refractivity contribution in [3.8, 4) is 5.75 Å². The average Bonchev–Trinajstić information content (AvgIpc) is 2.49. The van der Waals surface area contributed by atoms with E-state index in [0.29, 0.717) is 25.0 Å². The molecule has 1 fully saturated rings. The van der Waals surface area contributed by atoms with Crippen LogP contribution in [0.2, 0.25) is 5.02 Å². The second-order valence-corrected chi connectivity index (χ2v) is 7.11. The molecular weight excluding hydrogens is 322 g/mol. The number of halogens is 1. The van der Waals surface area contributed by atoms with E-state index in [1.54, 1.807) is 0 Å². The Morgan fingerprint density at radius 1 is 1.36 bits per heavy atom. The fourth-order valence-corrected chi connectivity index (χ4v) is 3.52. The molecular formula is C16H23ClNO3S-. The molecule has 0 aliphatic heterocycles. The molecule has 2 rings (SSSR count). The maximum atomic E-state index is 10.5. The van der Waals surface area contributed by atoms with Crippen molar-refractivity contribution in [1.82, 2.24) is 4.72 Å². The van der Waals surface area contributed by atoms with Gasteiger partial charge in [-0.05, 0) is 55.4 Å². The Morgan fingerprint density at radius 2 is 2.09 bits per heavy atom. The summed E-state index contributed by atoms with van der Waals surface area (Å²) in [6.45, 7) is 3.16. The third kappa shape index (κ3) is 5.54. The van der Waals surface area contributed by atoms with E-state index in [4.69, 9.17) is 16.3 Å². The quantitative estimate of drug-likeness (QED) is 0.768. The maximum absolute atomic E-state index is 10.5. The van der Waals surface area contributed by atoms with Crippen LogP contribution in [0, 0.1) is 18.8 Å². The van der Waals surface area contributed by atoms with E-state index >= 15 is 0 Å². The number of rotatable bonds is 7. The van der Waals surface area contributed by atoms with Gasteiger partial charge in [-0.1, -0.05) is 30.9 Å². The van der Waals surface area contributed by atoms with Gasteiger partial charge in [0.25, 0.3) is 0 Å². The fraction of sp³-hybridized carbons (Fsp3) is 0.625. The van der Waals surface area contributed by atoms with Gasteiger partial charge >= 0.3 is 0 Å². The molecule has 0 spiro atoms. The summed E-state index contributed by atoms with van der Waals surface area (Å²) < 4.78 is 29.5. The number of benzene rings is 1. The van der Waals surface area contributed by atoms with Gasteiger partial charge in [0.05, 0.1) is 6.61 Å². The highest BCUT2D eigenvalue weighted by atomic mass is 35.5. The van der Waals surface area contributed by atoms with Crippen LogP contribution in [0.5, 0.6) is 5.75 Å². The molecule has 1 N–H and O–H groups in total. The zero-order valence-electron chi connectivity index (χ0n) is 12.8. The minimum Gasteiger partial charge on any atom is -0.760 e. The van der Waals surface area contributed by atoms with Crippen LogP contribution in [0.1, 0.15) is 37.7 Å². The molecule has 1 aliphatic rings. The molecule has 0 heterocycles. The second-order valence-electron chi connectivity index (χ2n) is 5.94. The Kier molecular flexibility index (Phi) is 7.15. The number of ether oxygens (including phenoxy) is 1. The van der Waals surface area contributed by atoms with E-state index in [1.165, 1.54) is 12.8 Å². The summed E-state index contributed by atoms with van der Waals surface area (Å²) >= 11 is 3.86. The van der Waals surface area contributed by atoms with Gasteiger partial charge in [-0.15, -0.1) is 0 Å². The van der Waals surface area contributed by atoms with Gasteiger partial charge in [-0.25, -0.2) is 4.72 Å². The first-order chi connectivity index (χ1) is 10.6. The first-order valence-corrected chi connectivity index (χ1v) is 9.23. The third-order valence-electron chi connectivity index (χ3n) is 4.40. The van der Waals surface area contributed by atoms with Crippen molar-refractivity contribution in [2.75, 3.05) is 13.2 Å². The van der Waals surface area contributed by atoms with E-state index in [0.717, 1.165) is 35.6 Å². The molecule has 0 aromatic heterocycles. The van der Waals surface area contributed by atoms with Crippen LogP contribution < -0.4 is 9.46 Å². The van der Waals surface area contributed by atoms with Gasteiger partial charge in [0, 0.05) is 22.8 Å². The molecule has 22 heavy (non-hydrogen) atoms. The van der Waals surface area contributed by atoms with E-state index in [2.05, 4.69) is 4.72 Å². The number of hydrogen-bond donors (Lipinski definition) is 1. The predicted molar refractivity (Wildman–Crippen MR) is 88.7 cm³/mol. The summed E-state index contributed by atoms with van der Waals surface area (Å²) in [7, 11) is 0. The standard InChI is InChI=1S/C16H24ClNO3S/c1-12-10-15(6-7-16(12)17)21-11-14-5-3-2-4-13(14)8-9-18-22(19)20/h6-7,10,13-14,18H,2-5,8-9,11H2,1H3,(H,19,20)/p-1. The largest absolute Gasteiger partial charge is 0.760 e. The third-order valence-corrected chi connectivity index (χ3v) is 5.26. The van der Waals surface area contributed by atoms with Crippen LogP contribution in [0.15, 0.2) is 18.2 Å². The van der Waals surface area contributed by atoms with Crippen molar-refractivity contribution in [3.05, 3.63) is 28.8 Å². The Bertz CT molecular complexity index is 512. The summed E-state index contributed by atoms with van der Waals surface area (Å²) in [5.74, 6) is 1.87. The van der Waals surface area contributed by atoms with Crippen molar-refractivity contribution in [2.24, 2.45) is 11.8 Å². The van der Waals surface area contributed by atoms with E-state index in [1.807, 2.05) is 25.1 Å². The number of aryl methyl sites for hydroxylation is 1. The number of hydrogen-bond acceptors (Lipinski definition) is 3. The van der Waals surface area contributed by atoms with Gasteiger partial charge < -0.3 is 9.29 Å². The van der Waals surface area contributed by atoms with Crippen LogP contribution >= 0.6 is 11.6 Å². The lowest BCUT2D eigenvalue weighted by Gasteiger charge is -2.31. The van der Waals surface area contributed by atoms with Gasteiger partial charge in [-0.2, -0.15) is 0 Å². The van der Waals surface area contributed by atoms with Crippen LogP contribution in [0.4, 0.5) is 0 Å². The van der Waals surface area contributed by atoms with Crippen molar-refractivity contribution >= 4 is 22.9 Å². The molecule has 0 radical (unpaired) electrons. The molecule has 1 aliphatic carbocycles. The minimum atomic E-state index is -2.16. The first-order valence-electron chi connectivity index (χ1n) is 7.78. The van der Waals surface area contributed by atoms with Crippen LogP contribution in [0.3, 0.4) is 0 Å². The second kappa shape index (κ2) is 8.87. The molecule has 3 atom stereocenters.